The lowest BCUT2D eigenvalue weighted by Crippen LogP contribution is -2.41. The van der Waals surface area contributed by atoms with Gasteiger partial charge in [-0.15, -0.1) is 0 Å². The number of alkyl carbamates (subject to hydrolysis) is 1. The van der Waals surface area contributed by atoms with Crippen molar-refractivity contribution in [1.29, 1.82) is 0 Å². The Morgan fingerprint density at radius 1 is 1.15 bits per heavy atom. The van der Waals surface area contributed by atoms with E-state index < -0.39 is 30.1 Å². The second-order valence-electron chi connectivity index (χ2n) is 7.21. The maximum absolute atomic E-state index is 14.9. The molecule has 0 unspecified atom stereocenters. The van der Waals surface area contributed by atoms with Crippen LogP contribution in [-0.4, -0.2) is 36.6 Å². The number of allylic oxidation sites excluding steroid dienone is 1. The van der Waals surface area contributed by atoms with Gasteiger partial charge in [0.25, 0.3) is 0 Å². The molecule has 6 nitrogen and oxygen atoms in total. The van der Waals surface area contributed by atoms with Crippen LogP contribution in [-0.2, 0) is 14.0 Å². The van der Waals surface area contributed by atoms with E-state index >= 15 is 0 Å². The lowest BCUT2D eigenvalue weighted by molar-refractivity contribution is 0.00578. The summed E-state index contributed by atoms with van der Waals surface area (Å²) in [6.45, 7) is 9.18. The van der Waals surface area contributed by atoms with Crippen molar-refractivity contribution in [1.82, 2.24) is 5.32 Å². The normalized spacial score (nSPS) is 18.6. The lowest BCUT2D eigenvalue weighted by Gasteiger charge is -2.32. The molecular formula is C18H24BFN2O4S. The fourth-order valence-electron chi connectivity index (χ4n) is 2.37. The third kappa shape index (κ3) is 4.85. The second kappa shape index (κ2) is 7.96. The fourth-order valence-corrected chi connectivity index (χ4v) is 2.57. The molecule has 1 amide bonds. The van der Waals surface area contributed by atoms with Crippen molar-refractivity contribution in [3.63, 3.8) is 0 Å². The van der Waals surface area contributed by atoms with Gasteiger partial charge in [-0.25, -0.2) is 9.18 Å². The highest BCUT2D eigenvalue weighted by Crippen LogP contribution is 2.40. The summed E-state index contributed by atoms with van der Waals surface area (Å²) in [7, 11) is 0.209. The monoisotopic (exact) mass is 394 g/mol. The van der Waals surface area contributed by atoms with E-state index in [1.807, 2.05) is 27.7 Å². The van der Waals surface area contributed by atoms with E-state index in [2.05, 4.69) is 15.4 Å². The predicted molar refractivity (Wildman–Crippen MR) is 108 cm³/mol. The van der Waals surface area contributed by atoms with Crippen LogP contribution in [0.3, 0.4) is 0 Å². The van der Waals surface area contributed by atoms with Crippen LogP contribution in [0.25, 0.3) is 5.57 Å². The topological polar surface area (TPSA) is 68.8 Å². The molecule has 1 aliphatic rings. The number of methoxy groups -OCH3 is 1. The Balaban J connectivity index is 2.11. The molecular weight excluding hydrogens is 370 g/mol. The number of nitrogens with one attached hydrogen (secondary N) is 2. The molecule has 0 atom stereocenters. The van der Waals surface area contributed by atoms with Gasteiger partial charge in [-0.3, -0.25) is 5.32 Å². The van der Waals surface area contributed by atoms with Crippen molar-refractivity contribution < 1.29 is 23.2 Å². The van der Waals surface area contributed by atoms with Gasteiger partial charge in [-0.1, -0.05) is 12.1 Å². The van der Waals surface area contributed by atoms with Gasteiger partial charge in [-0.05, 0) is 70.1 Å². The van der Waals surface area contributed by atoms with Crippen molar-refractivity contribution in [2.24, 2.45) is 0 Å². The number of benzene rings is 1. The number of carbonyl (C=O) groups excluding carboxylic acids is 1. The van der Waals surface area contributed by atoms with Crippen LogP contribution in [0.5, 0.6) is 0 Å². The Bertz CT molecular complexity index is 749. The maximum Gasteiger partial charge on any atom is 0.525 e. The summed E-state index contributed by atoms with van der Waals surface area (Å²) in [5.41, 5.74) is 0.0766. The zero-order chi connectivity index (χ0) is 20.4. The summed E-state index contributed by atoms with van der Waals surface area (Å²) >= 11 is 4.99. The van der Waals surface area contributed by atoms with Gasteiger partial charge in [0.15, 0.2) is 5.11 Å². The van der Waals surface area contributed by atoms with Crippen molar-refractivity contribution in [3.05, 3.63) is 35.6 Å². The summed E-state index contributed by atoms with van der Waals surface area (Å²) in [4.78, 5) is 11.1. The Morgan fingerprint density at radius 2 is 1.67 bits per heavy atom. The molecule has 1 aromatic carbocycles. The molecule has 27 heavy (non-hydrogen) atoms. The SMILES string of the molecule is COC(=O)NC(=S)Nc1ccc(C(C)=C(F)B2OC(C)(C)C(C)(C)O2)cc1. The first-order chi connectivity index (χ1) is 12.5. The largest absolute Gasteiger partial charge is 0.525 e. The van der Waals surface area contributed by atoms with Crippen molar-refractivity contribution in [2.75, 3.05) is 12.4 Å². The first-order valence-electron chi connectivity index (χ1n) is 8.45. The molecule has 1 saturated heterocycles. The van der Waals surface area contributed by atoms with Crippen LogP contribution in [0.4, 0.5) is 14.9 Å². The van der Waals surface area contributed by atoms with Crippen LogP contribution < -0.4 is 10.6 Å². The van der Waals surface area contributed by atoms with Gasteiger partial charge in [0, 0.05) is 5.69 Å². The molecule has 0 spiro atoms. The second-order valence-corrected chi connectivity index (χ2v) is 7.62. The number of hydrogen-bond donors (Lipinski definition) is 2. The summed E-state index contributed by atoms with van der Waals surface area (Å²) in [5.74, 6) is 0. The van der Waals surface area contributed by atoms with E-state index in [1.165, 1.54) is 7.11 Å². The van der Waals surface area contributed by atoms with E-state index in [-0.39, 0.29) is 5.11 Å². The van der Waals surface area contributed by atoms with Gasteiger partial charge in [0.2, 0.25) is 0 Å². The average Bonchev–Trinajstić information content (AvgIpc) is 2.81. The van der Waals surface area contributed by atoms with Crippen LogP contribution in [0.1, 0.15) is 40.2 Å². The molecule has 146 valence electrons. The van der Waals surface area contributed by atoms with Crippen LogP contribution in [0, 0.1) is 0 Å². The smallest absolute Gasteiger partial charge is 0.453 e. The molecule has 1 aromatic rings. The quantitative estimate of drug-likeness (QED) is 0.595. The lowest BCUT2D eigenvalue weighted by atomic mass is 9.83. The Kier molecular flexibility index (Phi) is 6.29. The number of hydrogen-bond acceptors (Lipinski definition) is 5. The minimum atomic E-state index is -1.04. The predicted octanol–water partition coefficient (Wildman–Crippen LogP) is 4.07. The average molecular weight is 394 g/mol. The third-order valence-corrected chi connectivity index (χ3v) is 5.00. The number of thiocarbonyl (C=S) groups is 1. The highest BCUT2D eigenvalue weighted by molar-refractivity contribution is 7.80. The molecule has 1 heterocycles. The number of amides is 1. The summed E-state index contributed by atoms with van der Waals surface area (Å²) in [6, 6.07) is 6.93. The standard InChI is InChI=1S/C18H24BFN2O4S/c1-11(14(20)19-25-17(2,3)18(4,5)26-19)12-7-9-13(10-8-12)21-15(27)22-16(23)24-6/h7-10H,1-6H3,(H2,21,22,23,27). The van der Waals surface area contributed by atoms with Gasteiger partial charge in [0.1, 0.15) is 5.73 Å². The van der Waals surface area contributed by atoms with E-state index in [0.29, 0.717) is 16.8 Å². The number of anilines is 1. The summed E-state index contributed by atoms with van der Waals surface area (Å²) in [6.07, 6.45) is -0.660. The summed E-state index contributed by atoms with van der Waals surface area (Å²) < 4.78 is 30.9. The minimum absolute atomic E-state index is 0.102. The maximum atomic E-state index is 14.9. The van der Waals surface area contributed by atoms with Gasteiger partial charge in [0.05, 0.1) is 18.3 Å². The molecule has 9 heteroatoms. The number of halogens is 1. The summed E-state index contributed by atoms with van der Waals surface area (Å²) in [5, 5.41) is 5.28. The number of ether oxygens (including phenoxy) is 1. The van der Waals surface area contributed by atoms with Crippen molar-refractivity contribution >= 4 is 41.8 Å². The van der Waals surface area contributed by atoms with Crippen LogP contribution in [0.15, 0.2) is 30.0 Å². The van der Waals surface area contributed by atoms with E-state index in [4.69, 9.17) is 21.5 Å². The van der Waals surface area contributed by atoms with Gasteiger partial charge < -0.3 is 19.4 Å². The molecule has 0 bridgehead atoms. The van der Waals surface area contributed by atoms with E-state index in [1.54, 1.807) is 31.2 Å². The van der Waals surface area contributed by atoms with E-state index in [0.717, 1.165) is 0 Å². The zero-order valence-corrected chi connectivity index (χ0v) is 17.1. The zero-order valence-electron chi connectivity index (χ0n) is 16.3. The van der Waals surface area contributed by atoms with Crippen LogP contribution in [0.2, 0.25) is 0 Å². The highest BCUT2D eigenvalue weighted by atomic mass is 32.1. The van der Waals surface area contributed by atoms with Crippen molar-refractivity contribution in [3.8, 4) is 0 Å². The molecule has 1 fully saturated rings. The highest BCUT2D eigenvalue weighted by Gasteiger charge is 2.53. The van der Waals surface area contributed by atoms with Crippen LogP contribution >= 0.6 is 12.2 Å². The first kappa shape index (κ1) is 21.3. The number of rotatable bonds is 3. The first-order valence-corrected chi connectivity index (χ1v) is 8.86. The Morgan fingerprint density at radius 3 is 2.15 bits per heavy atom. The molecule has 0 aromatic heterocycles. The van der Waals surface area contributed by atoms with E-state index in [9.17, 15) is 9.18 Å². The molecule has 2 N–H and O–H groups in total. The van der Waals surface area contributed by atoms with Gasteiger partial charge in [-0.2, -0.15) is 0 Å². The molecule has 0 aliphatic carbocycles. The van der Waals surface area contributed by atoms with Crippen molar-refractivity contribution in [2.45, 2.75) is 45.8 Å². The van der Waals surface area contributed by atoms with Gasteiger partial charge >= 0.3 is 13.2 Å². The third-order valence-electron chi connectivity index (χ3n) is 4.80. The Hall–Kier alpha value is -1.97. The molecule has 0 saturated carbocycles. The molecule has 2 rings (SSSR count). The molecule has 0 radical (unpaired) electrons. The minimum Gasteiger partial charge on any atom is -0.453 e. The molecule has 1 aliphatic heterocycles. The fraction of sp³-hybridized carbons (Fsp3) is 0.444. The Labute approximate surface area is 164 Å². The number of carbonyl (C=O) groups is 1.